The molecule has 0 radical (unpaired) electrons. The number of aliphatic carboxylic acids is 1. The number of carbonyl (C=O) groups excluding carboxylic acids is 1. The first-order valence-electron chi connectivity index (χ1n) is 9.98. The molecule has 2 N–H and O–H groups in total. The fourth-order valence-corrected chi connectivity index (χ4v) is 4.16. The molecule has 0 fully saturated rings. The van der Waals surface area contributed by atoms with E-state index in [2.05, 4.69) is 22.4 Å². The molecule has 1 atom stereocenters. The van der Waals surface area contributed by atoms with Gasteiger partial charge < -0.3 is 15.2 Å². The number of aryl methyl sites for hydroxylation is 1. The van der Waals surface area contributed by atoms with Gasteiger partial charge in [-0.15, -0.1) is 0 Å². The zero-order valence-corrected chi connectivity index (χ0v) is 17.4. The van der Waals surface area contributed by atoms with Crippen LogP contribution in [0.25, 0.3) is 11.1 Å². The fourth-order valence-electron chi connectivity index (χ4n) is 3.95. The quantitative estimate of drug-likeness (QED) is 0.526. The lowest BCUT2D eigenvalue weighted by Crippen LogP contribution is -2.41. The number of aromatic nitrogens is 1. The second kappa shape index (κ2) is 9.18. The Morgan fingerprint density at radius 3 is 2.29 bits per heavy atom. The Bertz CT molecular complexity index is 1070. The Morgan fingerprint density at radius 2 is 1.68 bits per heavy atom. The molecule has 2 aromatic carbocycles. The molecule has 0 spiro atoms. The first-order valence-corrected chi connectivity index (χ1v) is 10.4. The van der Waals surface area contributed by atoms with Gasteiger partial charge in [0.05, 0.1) is 0 Å². The molecule has 1 aliphatic carbocycles. The summed E-state index contributed by atoms with van der Waals surface area (Å²) in [5, 5.41) is 12.3. The number of carbonyl (C=O) groups is 2. The third kappa shape index (κ3) is 4.54. The van der Waals surface area contributed by atoms with Crippen molar-refractivity contribution in [3.8, 4) is 11.1 Å². The van der Waals surface area contributed by atoms with Crippen LogP contribution in [0.15, 0.2) is 66.9 Å². The molecular formula is C24H21ClN2O4. The zero-order chi connectivity index (χ0) is 21.8. The van der Waals surface area contributed by atoms with Crippen molar-refractivity contribution in [2.45, 2.75) is 24.8 Å². The highest BCUT2D eigenvalue weighted by Crippen LogP contribution is 2.44. The van der Waals surface area contributed by atoms with Gasteiger partial charge in [0.1, 0.15) is 17.8 Å². The Morgan fingerprint density at radius 1 is 1.03 bits per heavy atom. The minimum Gasteiger partial charge on any atom is -0.480 e. The van der Waals surface area contributed by atoms with Crippen LogP contribution in [0.4, 0.5) is 4.79 Å². The van der Waals surface area contributed by atoms with Gasteiger partial charge in [-0.2, -0.15) is 0 Å². The number of benzene rings is 2. The fraction of sp³-hybridized carbons (Fsp3) is 0.208. The number of nitrogens with one attached hydrogen (secondary N) is 1. The summed E-state index contributed by atoms with van der Waals surface area (Å²) >= 11 is 6.03. The number of carboxylic acids is 1. The molecule has 0 saturated heterocycles. The van der Waals surface area contributed by atoms with Crippen LogP contribution in [-0.2, 0) is 16.0 Å². The zero-order valence-electron chi connectivity index (χ0n) is 16.6. The molecule has 1 aromatic heterocycles. The molecule has 6 nitrogen and oxygen atoms in total. The van der Waals surface area contributed by atoms with Crippen LogP contribution in [0.3, 0.4) is 0 Å². The molecule has 1 heterocycles. The summed E-state index contributed by atoms with van der Waals surface area (Å²) < 4.78 is 5.44. The second-order valence-corrected chi connectivity index (χ2v) is 7.71. The van der Waals surface area contributed by atoms with Crippen LogP contribution in [0.5, 0.6) is 0 Å². The molecule has 0 aliphatic heterocycles. The van der Waals surface area contributed by atoms with E-state index in [0.717, 1.165) is 27.8 Å². The molecule has 31 heavy (non-hydrogen) atoms. The number of carboxylic acid groups (broad SMARTS) is 1. The highest BCUT2D eigenvalue weighted by atomic mass is 35.5. The number of halogens is 1. The van der Waals surface area contributed by atoms with E-state index in [-0.39, 0.29) is 18.9 Å². The summed E-state index contributed by atoms with van der Waals surface area (Å²) in [7, 11) is 0. The van der Waals surface area contributed by atoms with E-state index in [1.165, 1.54) is 0 Å². The summed E-state index contributed by atoms with van der Waals surface area (Å²) in [6.07, 6.45) is 1.35. The number of pyridine rings is 1. The molecule has 0 saturated carbocycles. The van der Waals surface area contributed by atoms with Crippen LogP contribution in [0, 0.1) is 0 Å². The third-order valence-electron chi connectivity index (χ3n) is 5.47. The highest BCUT2D eigenvalue weighted by Gasteiger charge is 2.29. The molecule has 3 aromatic rings. The highest BCUT2D eigenvalue weighted by molar-refractivity contribution is 6.30. The van der Waals surface area contributed by atoms with Crippen LogP contribution in [0.1, 0.15) is 29.0 Å². The SMILES string of the molecule is O=C(NC(CCc1cccnc1Cl)C(=O)O)OCC1c2ccccc2-c2ccccc21. The largest absolute Gasteiger partial charge is 0.480 e. The molecule has 1 aliphatic rings. The lowest BCUT2D eigenvalue weighted by Gasteiger charge is -2.17. The minimum absolute atomic E-state index is 0.0874. The van der Waals surface area contributed by atoms with Gasteiger partial charge in [-0.05, 0) is 46.7 Å². The van der Waals surface area contributed by atoms with Gasteiger partial charge in [-0.25, -0.2) is 14.6 Å². The van der Waals surface area contributed by atoms with Gasteiger partial charge in [0.15, 0.2) is 0 Å². The standard InChI is InChI=1S/C24H21ClN2O4/c25-22-15(6-5-13-26-22)11-12-21(23(28)29)27-24(30)31-14-20-18-9-3-1-7-16(18)17-8-2-4-10-19(17)20/h1-10,13,20-21H,11-12,14H2,(H,27,30)(H,28,29). The maximum Gasteiger partial charge on any atom is 0.407 e. The second-order valence-electron chi connectivity index (χ2n) is 7.35. The average Bonchev–Trinajstić information content (AvgIpc) is 3.10. The number of rotatable bonds is 7. The monoisotopic (exact) mass is 436 g/mol. The van der Waals surface area contributed by atoms with Crippen molar-refractivity contribution in [1.29, 1.82) is 0 Å². The van der Waals surface area contributed by atoms with Crippen LogP contribution in [0.2, 0.25) is 5.15 Å². The van der Waals surface area contributed by atoms with E-state index < -0.39 is 18.1 Å². The van der Waals surface area contributed by atoms with Gasteiger partial charge in [-0.3, -0.25) is 0 Å². The predicted molar refractivity (Wildman–Crippen MR) is 117 cm³/mol. The molecule has 0 bridgehead atoms. The van der Waals surface area contributed by atoms with Crippen LogP contribution >= 0.6 is 11.6 Å². The van der Waals surface area contributed by atoms with E-state index in [9.17, 15) is 14.7 Å². The number of ether oxygens (including phenoxy) is 1. The average molecular weight is 437 g/mol. The number of hydrogen-bond acceptors (Lipinski definition) is 4. The van der Waals surface area contributed by atoms with E-state index in [1.54, 1.807) is 18.3 Å². The van der Waals surface area contributed by atoms with Crippen LogP contribution < -0.4 is 5.32 Å². The topological polar surface area (TPSA) is 88.5 Å². The third-order valence-corrected chi connectivity index (χ3v) is 5.81. The maximum absolute atomic E-state index is 12.4. The Hall–Kier alpha value is -3.38. The molecular weight excluding hydrogens is 416 g/mol. The molecule has 1 amide bonds. The van der Waals surface area contributed by atoms with Crippen LogP contribution in [-0.4, -0.2) is 34.8 Å². The van der Waals surface area contributed by atoms with E-state index >= 15 is 0 Å². The van der Waals surface area contributed by atoms with Crippen molar-refractivity contribution in [2.24, 2.45) is 0 Å². The first-order chi connectivity index (χ1) is 15.0. The summed E-state index contributed by atoms with van der Waals surface area (Å²) in [4.78, 5) is 28.0. The van der Waals surface area contributed by atoms with E-state index in [1.807, 2.05) is 36.4 Å². The normalized spacial score (nSPS) is 13.2. The summed E-state index contributed by atoms with van der Waals surface area (Å²) in [6, 6.07) is 18.5. The Balaban J connectivity index is 1.39. The number of nitrogens with zero attached hydrogens (tertiary/aromatic N) is 1. The summed E-state index contributed by atoms with van der Waals surface area (Å²) in [5.74, 6) is -1.22. The van der Waals surface area contributed by atoms with Crippen molar-refractivity contribution >= 4 is 23.7 Å². The Kier molecular flexibility index (Phi) is 6.18. The predicted octanol–water partition coefficient (Wildman–Crippen LogP) is 4.66. The molecule has 1 unspecified atom stereocenters. The molecule has 4 rings (SSSR count). The van der Waals surface area contributed by atoms with Crippen molar-refractivity contribution in [1.82, 2.24) is 10.3 Å². The lowest BCUT2D eigenvalue weighted by atomic mass is 9.98. The maximum atomic E-state index is 12.4. The van der Waals surface area contributed by atoms with Crippen molar-refractivity contribution in [3.05, 3.63) is 88.7 Å². The van der Waals surface area contributed by atoms with Crippen molar-refractivity contribution in [3.63, 3.8) is 0 Å². The number of alkyl carbamates (subject to hydrolysis) is 1. The number of fused-ring (bicyclic) bond motifs is 3. The number of amides is 1. The summed E-state index contributed by atoms with van der Waals surface area (Å²) in [5.41, 5.74) is 5.17. The molecule has 158 valence electrons. The van der Waals surface area contributed by atoms with Gasteiger partial charge in [-0.1, -0.05) is 66.2 Å². The Labute approximate surface area is 184 Å². The van der Waals surface area contributed by atoms with Gasteiger partial charge in [0, 0.05) is 12.1 Å². The van der Waals surface area contributed by atoms with Crippen molar-refractivity contribution in [2.75, 3.05) is 6.61 Å². The molecule has 7 heteroatoms. The smallest absolute Gasteiger partial charge is 0.407 e. The van der Waals surface area contributed by atoms with Crippen molar-refractivity contribution < 1.29 is 19.4 Å². The minimum atomic E-state index is -1.13. The van der Waals surface area contributed by atoms with E-state index in [4.69, 9.17) is 16.3 Å². The van der Waals surface area contributed by atoms with Gasteiger partial charge >= 0.3 is 12.1 Å². The summed E-state index contributed by atoms with van der Waals surface area (Å²) in [6.45, 7) is 0.126. The van der Waals surface area contributed by atoms with Gasteiger partial charge in [0.2, 0.25) is 0 Å². The lowest BCUT2D eigenvalue weighted by molar-refractivity contribution is -0.139. The van der Waals surface area contributed by atoms with E-state index in [0.29, 0.717) is 11.6 Å². The first kappa shape index (κ1) is 20.9. The van der Waals surface area contributed by atoms with Gasteiger partial charge in [0.25, 0.3) is 0 Å². The number of hydrogen-bond donors (Lipinski definition) is 2.